The molecule has 1 aromatic carbocycles. The highest BCUT2D eigenvalue weighted by atomic mass is 16.2. The van der Waals surface area contributed by atoms with Gasteiger partial charge in [0.25, 0.3) is 5.91 Å². The van der Waals surface area contributed by atoms with Crippen LogP contribution in [-0.2, 0) is 5.41 Å². The summed E-state index contributed by atoms with van der Waals surface area (Å²) in [4.78, 5) is 14.4. The molecule has 1 atom stereocenters. The van der Waals surface area contributed by atoms with E-state index in [1.165, 1.54) is 12.0 Å². The standard InChI is InChI=1S/C17H25NO/c1-13-6-5-11-18(12-13)16(19)14-7-9-15(10-8-14)17(2,3)4/h7-10,13H,5-6,11-12H2,1-4H3/t13-/m0/s1. The highest BCUT2D eigenvalue weighted by Gasteiger charge is 2.22. The molecule has 0 spiro atoms. The lowest BCUT2D eigenvalue weighted by Gasteiger charge is -2.31. The van der Waals surface area contributed by atoms with E-state index in [1.807, 2.05) is 17.0 Å². The molecule has 1 aliphatic heterocycles. The number of amides is 1. The molecular weight excluding hydrogens is 234 g/mol. The van der Waals surface area contributed by atoms with Crippen LogP contribution in [0.4, 0.5) is 0 Å². The molecule has 1 amide bonds. The molecule has 0 aromatic heterocycles. The molecule has 1 heterocycles. The minimum absolute atomic E-state index is 0.140. The quantitative estimate of drug-likeness (QED) is 0.750. The Labute approximate surface area is 116 Å². The average Bonchev–Trinajstić information content (AvgIpc) is 2.37. The van der Waals surface area contributed by atoms with Crippen molar-refractivity contribution in [3.8, 4) is 0 Å². The van der Waals surface area contributed by atoms with Gasteiger partial charge < -0.3 is 4.90 Å². The Bertz CT molecular complexity index is 441. The molecule has 2 rings (SSSR count). The molecule has 0 aliphatic carbocycles. The summed E-state index contributed by atoms with van der Waals surface area (Å²) in [5.74, 6) is 0.818. The summed E-state index contributed by atoms with van der Waals surface area (Å²) in [6.45, 7) is 10.6. The molecule has 19 heavy (non-hydrogen) atoms. The average molecular weight is 259 g/mol. The molecule has 1 aromatic rings. The highest BCUT2D eigenvalue weighted by Crippen LogP contribution is 2.23. The van der Waals surface area contributed by atoms with Gasteiger partial charge in [0.15, 0.2) is 0 Å². The van der Waals surface area contributed by atoms with Gasteiger partial charge in [-0.3, -0.25) is 4.79 Å². The van der Waals surface area contributed by atoms with E-state index in [4.69, 9.17) is 0 Å². The SMILES string of the molecule is C[C@H]1CCCN(C(=O)c2ccc(C(C)(C)C)cc2)C1. The molecule has 1 saturated heterocycles. The molecule has 0 N–H and O–H groups in total. The molecule has 0 saturated carbocycles. The maximum atomic E-state index is 12.4. The van der Waals surface area contributed by atoms with Crippen LogP contribution in [0.2, 0.25) is 0 Å². The van der Waals surface area contributed by atoms with Crippen molar-refractivity contribution in [2.45, 2.75) is 46.0 Å². The van der Waals surface area contributed by atoms with E-state index in [0.29, 0.717) is 5.92 Å². The predicted molar refractivity (Wildman–Crippen MR) is 79.4 cm³/mol. The maximum Gasteiger partial charge on any atom is 0.253 e. The van der Waals surface area contributed by atoms with Crippen LogP contribution in [0.3, 0.4) is 0 Å². The number of piperidine rings is 1. The van der Waals surface area contributed by atoms with Crippen LogP contribution in [0.25, 0.3) is 0 Å². The van der Waals surface area contributed by atoms with E-state index in [0.717, 1.165) is 25.1 Å². The van der Waals surface area contributed by atoms with E-state index in [-0.39, 0.29) is 11.3 Å². The maximum absolute atomic E-state index is 12.4. The van der Waals surface area contributed by atoms with Crippen molar-refractivity contribution in [1.82, 2.24) is 4.90 Å². The van der Waals surface area contributed by atoms with Crippen LogP contribution in [0.15, 0.2) is 24.3 Å². The van der Waals surface area contributed by atoms with E-state index in [2.05, 4.69) is 39.8 Å². The number of likely N-dealkylation sites (tertiary alicyclic amines) is 1. The smallest absolute Gasteiger partial charge is 0.253 e. The minimum Gasteiger partial charge on any atom is -0.338 e. The van der Waals surface area contributed by atoms with Crippen molar-refractivity contribution in [1.29, 1.82) is 0 Å². The van der Waals surface area contributed by atoms with Gasteiger partial charge in [0.1, 0.15) is 0 Å². The normalized spacial score (nSPS) is 20.4. The largest absolute Gasteiger partial charge is 0.338 e. The number of carbonyl (C=O) groups excluding carboxylic acids is 1. The Morgan fingerprint density at radius 3 is 2.37 bits per heavy atom. The summed E-state index contributed by atoms with van der Waals surface area (Å²) >= 11 is 0. The van der Waals surface area contributed by atoms with Gasteiger partial charge in [0.2, 0.25) is 0 Å². The topological polar surface area (TPSA) is 20.3 Å². The number of nitrogens with zero attached hydrogens (tertiary/aromatic N) is 1. The van der Waals surface area contributed by atoms with Gasteiger partial charge in [-0.15, -0.1) is 0 Å². The van der Waals surface area contributed by atoms with E-state index >= 15 is 0 Å². The molecule has 2 heteroatoms. The van der Waals surface area contributed by atoms with E-state index in [9.17, 15) is 4.79 Å². The Morgan fingerprint density at radius 2 is 1.84 bits per heavy atom. The second-order valence-corrected chi connectivity index (χ2v) is 6.83. The number of rotatable bonds is 1. The van der Waals surface area contributed by atoms with Crippen LogP contribution in [0, 0.1) is 5.92 Å². The summed E-state index contributed by atoms with van der Waals surface area (Å²) in [6.07, 6.45) is 2.37. The van der Waals surface area contributed by atoms with Crippen LogP contribution in [-0.4, -0.2) is 23.9 Å². The van der Waals surface area contributed by atoms with E-state index < -0.39 is 0 Å². The summed E-state index contributed by atoms with van der Waals surface area (Å²) in [6, 6.07) is 8.12. The molecule has 104 valence electrons. The number of carbonyl (C=O) groups is 1. The first kappa shape index (κ1) is 14.1. The lowest BCUT2D eigenvalue weighted by molar-refractivity contribution is 0.0683. The zero-order valence-corrected chi connectivity index (χ0v) is 12.6. The Hall–Kier alpha value is -1.31. The molecule has 0 bridgehead atoms. The molecule has 0 unspecified atom stereocenters. The van der Waals surface area contributed by atoms with Crippen molar-refractivity contribution in [3.05, 3.63) is 35.4 Å². The molecule has 2 nitrogen and oxygen atoms in total. The third-order valence-corrected chi connectivity index (χ3v) is 3.94. The fourth-order valence-electron chi connectivity index (χ4n) is 2.67. The van der Waals surface area contributed by atoms with Crippen LogP contribution >= 0.6 is 0 Å². The molecule has 1 aliphatic rings. The predicted octanol–water partition coefficient (Wildman–Crippen LogP) is 3.86. The van der Waals surface area contributed by atoms with Crippen LogP contribution in [0.1, 0.15) is 56.5 Å². The molecule has 0 radical (unpaired) electrons. The first-order valence-corrected chi connectivity index (χ1v) is 7.28. The van der Waals surface area contributed by atoms with E-state index in [1.54, 1.807) is 0 Å². The summed E-state index contributed by atoms with van der Waals surface area (Å²) < 4.78 is 0. The third-order valence-electron chi connectivity index (χ3n) is 3.94. The minimum atomic E-state index is 0.140. The van der Waals surface area contributed by atoms with Gasteiger partial charge in [-0.2, -0.15) is 0 Å². The highest BCUT2D eigenvalue weighted by molar-refractivity contribution is 5.94. The van der Waals surface area contributed by atoms with Gasteiger partial charge in [0, 0.05) is 18.7 Å². The summed E-state index contributed by atoms with van der Waals surface area (Å²) in [5.41, 5.74) is 2.24. The van der Waals surface area contributed by atoms with Crippen molar-refractivity contribution < 1.29 is 4.79 Å². The third kappa shape index (κ3) is 3.37. The first-order valence-electron chi connectivity index (χ1n) is 7.28. The van der Waals surface area contributed by atoms with Gasteiger partial charge >= 0.3 is 0 Å². The van der Waals surface area contributed by atoms with Crippen molar-refractivity contribution in [2.24, 2.45) is 5.92 Å². The molecule has 1 fully saturated rings. The van der Waals surface area contributed by atoms with Gasteiger partial charge in [-0.1, -0.05) is 39.8 Å². The second kappa shape index (κ2) is 5.36. The van der Waals surface area contributed by atoms with Gasteiger partial charge in [-0.05, 0) is 41.9 Å². The fraction of sp³-hybridized carbons (Fsp3) is 0.588. The van der Waals surface area contributed by atoms with Crippen molar-refractivity contribution in [2.75, 3.05) is 13.1 Å². The van der Waals surface area contributed by atoms with Gasteiger partial charge in [-0.25, -0.2) is 0 Å². The second-order valence-electron chi connectivity index (χ2n) is 6.83. The lowest BCUT2D eigenvalue weighted by Crippen LogP contribution is -2.39. The number of hydrogen-bond acceptors (Lipinski definition) is 1. The molecular formula is C17H25NO. The summed E-state index contributed by atoms with van der Waals surface area (Å²) in [5, 5.41) is 0. The Kier molecular flexibility index (Phi) is 3.98. The number of hydrogen-bond donors (Lipinski definition) is 0. The first-order chi connectivity index (χ1) is 8.88. The van der Waals surface area contributed by atoms with Gasteiger partial charge in [0.05, 0.1) is 0 Å². The van der Waals surface area contributed by atoms with Crippen LogP contribution < -0.4 is 0 Å². The van der Waals surface area contributed by atoms with Crippen molar-refractivity contribution in [3.63, 3.8) is 0 Å². The summed E-state index contributed by atoms with van der Waals surface area (Å²) in [7, 11) is 0. The van der Waals surface area contributed by atoms with Crippen LogP contribution in [0.5, 0.6) is 0 Å². The fourth-order valence-corrected chi connectivity index (χ4v) is 2.67. The van der Waals surface area contributed by atoms with Crippen molar-refractivity contribution >= 4 is 5.91 Å². The Balaban J connectivity index is 2.11. The monoisotopic (exact) mass is 259 g/mol. The Morgan fingerprint density at radius 1 is 1.21 bits per heavy atom. The number of benzene rings is 1. The lowest BCUT2D eigenvalue weighted by atomic mass is 9.86. The zero-order chi connectivity index (χ0) is 14.0. The zero-order valence-electron chi connectivity index (χ0n) is 12.6.